The van der Waals surface area contributed by atoms with Crippen molar-refractivity contribution in [3.05, 3.63) is 0 Å². The second-order valence-electron chi connectivity index (χ2n) is 4.63. The molecule has 0 amide bonds. The maximum Gasteiger partial charge on any atom is 0.0470 e. The summed E-state index contributed by atoms with van der Waals surface area (Å²) in [5, 5.41) is 3.66. The fourth-order valence-corrected chi connectivity index (χ4v) is 3.63. The van der Waals surface area contributed by atoms with Gasteiger partial charge in [0.1, 0.15) is 0 Å². The van der Waals surface area contributed by atoms with Crippen LogP contribution in [0.3, 0.4) is 0 Å². The lowest BCUT2D eigenvalue weighted by atomic mass is 10.00. The predicted molar refractivity (Wildman–Crippen MR) is 73.2 cm³/mol. The second-order valence-corrected chi connectivity index (χ2v) is 5.78. The van der Waals surface area contributed by atoms with Crippen LogP contribution in [0.4, 0.5) is 0 Å². The van der Waals surface area contributed by atoms with E-state index in [-0.39, 0.29) is 0 Å². The van der Waals surface area contributed by atoms with Gasteiger partial charge in [-0.15, -0.1) is 0 Å². The minimum atomic E-state index is 0.750. The van der Waals surface area contributed by atoms with Crippen LogP contribution >= 0.6 is 11.8 Å². The first-order valence-electron chi connectivity index (χ1n) is 6.68. The summed E-state index contributed by atoms with van der Waals surface area (Å²) in [5.41, 5.74) is 0. The van der Waals surface area contributed by atoms with Crippen molar-refractivity contribution in [1.82, 2.24) is 5.32 Å². The third kappa shape index (κ3) is 5.55. The van der Waals surface area contributed by atoms with Gasteiger partial charge in [-0.1, -0.05) is 19.8 Å². The van der Waals surface area contributed by atoms with Crippen molar-refractivity contribution < 1.29 is 4.74 Å². The molecule has 16 heavy (non-hydrogen) atoms. The molecule has 0 aromatic rings. The Morgan fingerprint density at radius 2 is 2.12 bits per heavy atom. The molecule has 0 radical (unpaired) electrons. The molecule has 1 atom stereocenters. The van der Waals surface area contributed by atoms with Gasteiger partial charge < -0.3 is 10.1 Å². The first kappa shape index (κ1) is 14.3. The second kappa shape index (κ2) is 9.32. The van der Waals surface area contributed by atoms with E-state index in [9.17, 15) is 0 Å². The molecule has 0 aliphatic heterocycles. The Hall–Kier alpha value is 0.270. The largest absolute Gasteiger partial charge is 0.385 e. The highest BCUT2D eigenvalue weighted by Crippen LogP contribution is 2.29. The molecule has 1 aliphatic carbocycles. The van der Waals surface area contributed by atoms with Gasteiger partial charge in [0.15, 0.2) is 0 Å². The van der Waals surface area contributed by atoms with Gasteiger partial charge in [0.05, 0.1) is 0 Å². The number of rotatable bonds is 9. The molecular weight excluding hydrogens is 218 g/mol. The van der Waals surface area contributed by atoms with E-state index in [2.05, 4.69) is 24.0 Å². The fraction of sp³-hybridized carbons (Fsp3) is 1.00. The first-order valence-corrected chi connectivity index (χ1v) is 7.84. The van der Waals surface area contributed by atoms with Gasteiger partial charge in [-0.2, -0.15) is 11.8 Å². The quantitative estimate of drug-likeness (QED) is 0.631. The van der Waals surface area contributed by atoms with E-state index in [1.807, 2.05) is 0 Å². The van der Waals surface area contributed by atoms with Crippen LogP contribution < -0.4 is 5.32 Å². The minimum Gasteiger partial charge on any atom is -0.385 e. The monoisotopic (exact) mass is 245 g/mol. The standard InChI is InChI=1S/C13H27NOS/c1-3-14-13(12-7-4-5-8-12)11-16-10-6-9-15-2/h12-14H,3-11H2,1-2H3. The van der Waals surface area contributed by atoms with Gasteiger partial charge in [-0.3, -0.25) is 0 Å². The van der Waals surface area contributed by atoms with Gasteiger partial charge in [0.25, 0.3) is 0 Å². The van der Waals surface area contributed by atoms with E-state index in [4.69, 9.17) is 4.74 Å². The first-order chi connectivity index (χ1) is 7.88. The normalized spacial score (nSPS) is 19.1. The minimum absolute atomic E-state index is 0.750. The van der Waals surface area contributed by atoms with Gasteiger partial charge in [0.2, 0.25) is 0 Å². The lowest BCUT2D eigenvalue weighted by molar-refractivity contribution is 0.200. The Balaban J connectivity index is 2.12. The smallest absolute Gasteiger partial charge is 0.0470 e. The van der Waals surface area contributed by atoms with Crippen LogP contribution in [-0.2, 0) is 4.74 Å². The van der Waals surface area contributed by atoms with Crippen molar-refractivity contribution in [1.29, 1.82) is 0 Å². The maximum atomic E-state index is 5.07. The van der Waals surface area contributed by atoms with Crippen LogP contribution in [0.1, 0.15) is 39.0 Å². The maximum absolute atomic E-state index is 5.07. The topological polar surface area (TPSA) is 21.3 Å². The number of hydrogen-bond donors (Lipinski definition) is 1. The van der Waals surface area contributed by atoms with Crippen molar-refractivity contribution in [3.8, 4) is 0 Å². The Morgan fingerprint density at radius 3 is 2.75 bits per heavy atom. The lowest BCUT2D eigenvalue weighted by Crippen LogP contribution is -2.37. The van der Waals surface area contributed by atoms with Crippen molar-refractivity contribution in [2.45, 2.75) is 45.1 Å². The van der Waals surface area contributed by atoms with Crippen molar-refractivity contribution >= 4 is 11.8 Å². The molecule has 0 saturated heterocycles. The number of hydrogen-bond acceptors (Lipinski definition) is 3. The number of thioether (sulfide) groups is 1. The summed E-state index contributed by atoms with van der Waals surface area (Å²) < 4.78 is 5.07. The van der Waals surface area contributed by atoms with Gasteiger partial charge in [-0.05, 0) is 37.5 Å². The van der Waals surface area contributed by atoms with Crippen LogP contribution in [0.5, 0.6) is 0 Å². The van der Waals surface area contributed by atoms with E-state index in [1.54, 1.807) is 7.11 Å². The summed E-state index contributed by atoms with van der Waals surface area (Å²) >= 11 is 2.09. The summed E-state index contributed by atoms with van der Waals surface area (Å²) in [6.45, 7) is 4.24. The van der Waals surface area contributed by atoms with Crippen LogP contribution in [0.15, 0.2) is 0 Å². The zero-order valence-corrected chi connectivity index (χ0v) is 11.7. The number of nitrogens with one attached hydrogen (secondary N) is 1. The Morgan fingerprint density at radius 1 is 1.38 bits per heavy atom. The third-order valence-corrected chi connectivity index (χ3v) is 4.54. The molecule has 0 aromatic heterocycles. The molecule has 3 heteroatoms. The zero-order chi connectivity index (χ0) is 11.6. The molecule has 1 saturated carbocycles. The highest BCUT2D eigenvalue weighted by atomic mass is 32.2. The van der Waals surface area contributed by atoms with Crippen molar-refractivity contribution in [3.63, 3.8) is 0 Å². The van der Waals surface area contributed by atoms with Crippen LogP contribution in [0, 0.1) is 5.92 Å². The molecule has 0 aromatic carbocycles. The van der Waals surface area contributed by atoms with Gasteiger partial charge in [0, 0.05) is 25.5 Å². The summed E-state index contributed by atoms with van der Waals surface area (Å²) in [7, 11) is 1.78. The van der Waals surface area contributed by atoms with E-state index >= 15 is 0 Å². The zero-order valence-electron chi connectivity index (χ0n) is 10.8. The average Bonchev–Trinajstić information content (AvgIpc) is 2.81. The molecule has 1 N–H and O–H groups in total. The van der Waals surface area contributed by atoms with Gasteiger partial charge in [-0.25, -0.2) is 0 Å². The molecule has 1 fully saturated rings. The van der Waals surface area contributed by atoms with Crippen molar-refractivity contribution in [2.75, 3.05) is 31.8 Å². The molecule has 1 unspecified atom stereocenters. The van der Waals surface area contributed by atoms with E-state index in [0.29, 0.717) is 0 Å². The van der Waals surface area contributed by atoms with Crippen LogP contribution in [0.25, 0.3) is 0 Å². The summed E-state index contributed by atoms with van der Waals surface area (Å²) in [6, 6.07) is 0.750. The van der Waals surface area contributed by atoms with E-state index in [1.165, 1.54) is 43.6 Å². The summed E-state index contributed by atoms with van der Waals surface area (Å²) in [4.78, 5) is 0. The Bertz CT molecular complexity index is 160. The molecule has 1 aliphatic rings. The van der Waals surface area contributed by atoms with Crippen molar-refractivity contribution in [2.24, 2.45) is 5.92 Å². The van der Waals surface area contributed by atoms with E-state index in [0.717, 1.165) is 25.1 Å². The predicted octanol–water partition coefficient (Wildman–Crippen LogP) is 2.92. The van der Waals surface area contributed by atoms with E-state index < -0.39 is 0 Å². The van der Waals surface area contributed by atoms with Crippen LogP contribution in [0.2, 0.25) is 0 Å². The summed E-state index contributed by atoms with van der Waals surface area (Å²) in [6.07, 6.45) is 6.96. The molecule has 0 heterocycles. The fourth-order valence-electron chi connectivity index (χ4n) is 2.50. The lowest BCUT2D eigenvalue weighted by Gasteiger charge is -2.23. The molecule has 96 valence electrons. The molecular formula is C13H27NOS. The SMILES string of the molecule is CCNC(CSCCCOC)C1CCCC1. The number of ether oxygens (including phenoxy) is 1. The highest BCUT2D eigenvalue weighted by molar-refractivity contribution is 7.99. The Kier molecular flexibility index (Phi) is 8.34. The third-order valence-electron chi connectivity index (χ3n) is 3.37. The molecule has 0 spiro atoms. The van der Waals surface area contributed by atoms with Crippen LogP contribution in [-0.4, -0.2) is 37.8 Å². The van der Waals surface area contributed by atoms with Gasteiger partial charge >= 0.3 is 0 Å². The number of methoxy groups -OCH3 is 1. The molecule has 2 nitrogen and oxygen atoms in total. The highest BCUT2D eigenvalue weighted by Gasteiger charge is 2.23. The Labute approximate surface area is 105 Å². The average molecular weight is 245 g/mol. The molecule has 1 rings (SSSR count). The summed E-state index contributed by atoms with van der Waals surface area (Å²) in [5.74, 6) is 3.46. The molecule has 0 bridgehead atoms.